The maximum Gasteiger partial charge on any atom is 0.0195 e. The Kier molecular flexibility index (Phi) is 4.87. The molecule has 0 aromatic rings. The highest BCUT2D eigenvalue weighted by Crippen LogP contribution is 2.36. The molecule has 2 heteroatoms. The monoisotopic (exact) mass is 238 g/mol. The van der Waals surface area contributed by atoms with Crippen LogP contribution in [0.25, 0.3) is 0 Å². The molecule has 0 radical (unpaired) electrons. The number of likely N-dealkylation sites (tertiary alicyclic amines) is 1. The van der Waals surface area contributed by atoms with Crippen molar-refractivity contribution in [1.82, 2.24) is 10.2 Å². The SMILES string of the molecule is CC(C)NCC(C)N1CCCC1C1CCCC1. The molecular formula is C15H30N2. The van der Waals surface area contributed by atoms with Crippen LogP contribution in [0.15, 0.2) is 0 Å². The number of rotatable bonds is 5. The summed E-state index contributed by atoms with van der Waals surface area (Å²) in [6.45, 7) is 9.38. The van der Waals surface area contributed by atoms with Gasteiger partial charge in [-0.3, -0.25) is 4.90 Å². The van der Waals surface area contributed by atoms with E-state index in [0.717, 1.165) is 18.5 Å². The van der Waals surface area contributed by atoms with Crippen LogP contribution in [0.1, 0.15) is 59.3 Å². The standard InChI is InChI=1S/C15H30N2/c1-12(2)16-11-13(3)17-10-6-9-15(17)14-7-4-5-8-14/h12-16H,4-11H2,1-3H3. The van der Waals surface area contributed by atoms with Gasteiger partial charge in [0.15, 0.2) is 0 Å². The van der Waals surface area contributed by atoms with Crippen LogP contribution < -0.4 is 5.32 Å². The fourth-order valence-electron chi connectivity index (χ4n) is 3.73. The summed E-state index contributed by atoms with van der Waals surface area (Å²) in [5.41, 5.74) is 0. The van der Waals surface area contributed by atoms with E-state index in [2.05, 4.69) is 31.0 Å². The van der Waals surface area contributed by atoms with E-state index in [-0.39, 0.29) is 0 Å². The zero-order chi connectivity index (χ0) is 12.3. The molecular weight excluding hydrogens is 208 g/mol. The summed E-state index contributed by atoms with van der Waals surface area (Å²) in [6, 6.07) is 2.23. The number of nitrogens with one attached hydrogen (secondary N) is 1. The molecule has 2 atom stereocenters. The molecule has 0 spiro atoms. The van der Waals surface area contributed by atoms with E-state index >= 15 is 0 Å². The lowest BCUT2D eigenvalue weighted by molar-refractivity contribution is 0.140. The van der Waals surface area contributed by atoms with Gasteiger partial charge in [-0.25, -0.2) is 0 Å². The highest BCUT2D eigenvalue weighted by Gasteiger charge is 2.35. The smallest absolute Gasteiger partial charge is 0.0195 e. The summed E-state index contributed by atoms with van der Waals surface area (Å²) in [7, 11) is 0. The van der Waals surface area contributed by atoms with E-state index in [1.54, 1.807) is 0 Å². The molecule has 2 aliphatic rings. The van der Waals surface area contributed by atoms with Crippen LogP contribution in [-0.2, 0) is 0 Å². The lowest BCUT2D eigenvalue weighted by Crippen LogP contribution is -2.46. The molecule has 1 heterocycles. The third-order valence-electron chi connectivity index (χ3n) is 4.67. The molecule has 0 aromatic heterocycles. The van der Waals surface area contributed by atoms with Gasteiger partial charge >= 0.3 is 0 Å². The Balaban J connectivity index is 1.84. The minimum atomic E-state index is 0.616. The third-order valence-corrected chi connectivity index (χ3v) is 4.67. The lowest BCUT2D eigenvalue weighted by atomic mass is 9.95. The first-order valence-corrected chi connectivity index (χ1v) is 7.67. The summed E-state index contributed by atoms with van der Waals surface area (Å²) >= 11 is 0. The van der Waals surface area contributed by atoms with Gasteiger partial charge in [0.1, 0.15) is 0 Å². The highest BCUT2D eigenvalue weighted by molar-refractivity contribution is 4.90. The molecule has 2 rings (SSSR count). The van der Waals surface area contributed by atoms with Crippen molar-refractivity contribution in [3.63, 3.8) is 0 Å². The van der Waals surface area contributed by atoms with Crippen LogP contribution in [0.4, 0.5) is 0 Å². The van der Waals surface area contributed by atoms with Gasteiger partial charge in [-0.15, -0.1) is 0 Å². The van der Waals surface area contributed by atoms with Crippen LogP contribution in [0.5, 0.6) is 0 Å². The largest absolute Gasteiger partial charge is 0.313 e. The first kappa shape index (κ1) is 13.4. The molecule has 0 bridgehead atoms. The van der Waals surface area contributed by atoms with Gasteiger partial charge in [0.05, 0.1) is 0 Å². The van der Waals surface area contributed by atoms with Crippen LogP contribution in [0.3, 0.4) is 0 Å². The molecule has 2 fully saturated rings. The quantitative estimate of drug-likeness (QED) is 0.792. The number of nitrogens with zero attached hydrogens (tertiary/aromatic N) is 1. The summed E-state index contributed by atoms with van der Waals surface area (Å²) in [4.78, 5) is 2.80. The zero-order valence-electron chi connectivity index (χ0n) is 11.9. The van der Waals surface area contributed by atoms with Crippen LogP contribution >= 0.6 is 0 Å². The van der Waals surface area contributed by atoms with Crippen molar-refractivity contribution < 1.29 is 0 Å². The van der Waals surface area contributed by atoms with Gasteiger partial charge in [0.25, 0.3) is 0 Å². The van der Waals surface area contributed by atoms with Gasteiger partial charge in [-0.1, -0.05) is 26.7 Å². The van der Waals surface area contributed by atoms with Gasteiger partial charge in [0.2, 0.25) is 0 Å². The van der Waals surface area contributed by atoms with Crippen molar-refractivity contribution in [3.05, 3.63) is 0 Å². The van der Waals surface area contributed by atoms with E-state index in [0.29, 0.717) is 12.1 Å². The minimum absolute atomic E-state index is 0.616. The molecule has 2 nitrogen and oxygen atoms in total. The lowest BCUT2D eigenvalue weighted by Gasteiger charge is -2.34. The predicted molar refractivity (Wildman–Crippen MR) is 74.3 cm³/mol. The van der Waals surface area contributed by atoms with Gasteiger partial charge in [-0.05, 0) is 45.1 Å². The van der Waals surface area contributed by atoms with Crippen LogP contribution in [0, 0.1) is 5.92 Å². The topological polar surface area (TPSA) is 15.3 Å². The Bertz CT molecular complexity index is 221. The van der Waals surface area contributed by atoms with Gasteiger partial charge in [-0.2, -0.15) is 0 Å². The van der Waals surface area contributed by atoms with Crippen molar-refractivity contribution in [2.75, 3.05) is 13.1 Å². The van der Waals surface area contributed by atoms with Crippen molar-refractivity contribution in [2.24, 2.45) is 5.92 Å². The van der Waals surface area contributed by atoms with E-state index in [1.807, 2.05) is 0 Å². The Labute approximate surface area is 107 Å². The fourth-order valence-corrected chi connectivity index (χ4v) is 3.73. The number of hydrogen-bond acceptors (Lipinski definition) is 2. The van der Waals surface area contributed by atoms with E-state index in [1.165, 1.54) is 45.1 Å². The second kappa shape index (κ2) is 6.19. The second-order valence-electron chi connectivity index (χ2n) is 6.40. The minimum Gasteiger partial charge on any atom is -0.313 e. The van der Waals surface area contributed by atoms with Crippen LogP contribution in [0.2, 0.25) is 0 Å². The van der Waals surface area contributed by atoms with Gasteiger partial charge < -0.3 is 5.32 Å². The summed E-state index contributed by atoms with van der Waals surface area (Å²) in [5, 5.41) is 3.59. The summed E-state index contributed by atoms with van der Waals surface area (Å²) in [6.07, 6.45) is 8.82. The average Bonchev–Trinajstić information content (AvgIpc) is 2.94. The third kappa shape index (κ3) is 3.45. The molecule has 100 valence electrons. The molecule has 1 N–H and O–H groups in total. The van der Waals surface area contributed by atoms with Crippen molar-refractivity contribution in [2.45, 2.75) is 77.4 Å². The Hall–Kier alpha value is -0.0800. The first-order chi connectivity index (χ1) is 8.18. The van der Waals surface area contributed by atoms with Crippen molar-refractivity contribution in [3.8, 4) is 0 Å². The molecule has 1 aliphatic heterocycles. The van der Waals surface area contributed by atoms with Gasteiger partial charge in [0, 0.05) is 24.7 Å². The normalized spacial score (nSPS) is 29.3. The highest BCUT2D eigenvalue weighted by atomic mass is 15.2. The predicted octanol–water partition coefficient (Wildman–Crippen LogP) is 3.03. The Morgan fingerprint density at radius 3 is 2.41 bits per heavy atom. The molecule has 1 saturated heterocycles. The Morgan fingerprint density at radius 1 is 1.06 bits per heavy atom. The molecule has 1 aliphatic carbocycles. The van der Waals surface area contributed by atoms with Crippen molar-refractivity contribution >= 4 is 0 Å². The Morgan fingerprint density at radius 2 is 1.76 bits per heavy atom. The first-order valence-electron chi connectivity index (χ1n) is 7.67. The fraction of sp³-hybridized carbons (Fsp3) is 1.00. The zero-order valence-corrected chi connectivity index (χ0v) is 11.9. The molecule has 17 heavy (non-hydrogen) atoms. The van der Waals surface area contributed by atoms with E-state index in [9.17, 15) is 0 Å². The number of hydrogen-bond donors (Lipinski definition) is 1. The maximum atomic E-state index is 3.59. The summed E-state index contributed by atoms with van der Waals surface area (Å²) in [5.74, 6) is 1.01. The molecule has 0 aromatic carbocycles. The molecule has 2 unspecified atom stereocenters. The second-order valence-corrected chi connectivity index (χ2v) is 6.40. The van der Waals surface area contributed by atoms with Crippen LogP contribution in [-0.4, -0.2) is 36.1 Å². The maximum absolute atomic E-state index is 3.59. The van der Waals surface area contributed by atoms with Crippen molar-refractivity contribution in [1.29, 1.82) is 0 Å². The molecule has 0 amide bonds. The average molecular weight is 238 g/mol. The summed E-state index contributed by atoms with van der Waals surface area (Å²) < 4.78 is 0. The molecule has 1 saturated carbocycles. The van der Waals surface area contributed by atoms with E-state index < -0.39 is 0 Å². The van der Waals surface area contributed by atoms with E-state index in [4.69, 9.17) is 0 Å².